The molecule has 12 heteroatoms. The predicted molar refractivity (Wildman–Crippen MR) is 135 cm³/mol. The smallest absolute Gasteiger partial charge is 0.295 e. The van der Waals surface area contributed by atoms with E-state index in [1.165, 1.54) is 41.3 Å². The fraction of sp³-hybridized carbons (Fsp3) is 0.231. The van der Waals surface area contributed by atoms with E-state index < -0.39 is 17.5 Å². The van der Waals surface area contributed by atoms with Crippen LogP contribution in [0.2, 0.25) is 0 Å². The minimum absolute atomic E-state index is 0.0404. The molecule has 0 radical (unpaired) electrons. The number of rotatable bonds is 6. The Kier molecular flexibility index (Phi) is 6.69. The van der Waals surface area contributed by atoms with Crippen LogP contribution in [0.1, 0.15) is 20.7 Å². The number of likely N-dealkylation sites (N-methyl/N-ethyl adjacent to an activating group) is 1. The first-order chi connectivity index (χ1) is 18.4. The second kappa shape index (κ2) is 10.2. The topological polar surface area (TPSA) is 133 Å². The molecule has 11 nitrogen and oxygen atoms in total. The molecule has 2 N–H and O–H groups in total. The van der Waals surface area contributed by atoms with E-state index >= 15 is 0 Å². The van der Waals surface area contributed by atoms with Crippen LogP contribution >= 0.6 is 0 Å². The third-order valence-electron chi connectivity index (χ3n) is 6.46. The zero-order valence-corrected chi connectivity index (χ0v) is 20.5. The van der Waals surface area contributed by atoms with Gasteiger partial charge in [0.05, 0.1) is 11.1 Å². The van der Waals surface area contributed by atoms with Gasteiger partial charge >= 0.3 is 0 Å². The molecular formula is C26H24FN7O4. The van der Waals surface area contributed by atoms with Gasteiger partial charge in [0, 0.05) is 55.9 Å². The molecule has 5 rings (SSSR count). The molecule has 1 aliphatic heterocycles. The summed E-state index contributed by atoms with van der Waals surface area (Å²) in [5.74, 6) is -2.47. The van der Waals surface area contributed by atoms with E-state index in [4.69, 9.17) is 0 Å². The highest BCUT2D eigenvalue weighted by Gasteiger charge is 2.31. The lowest BCUT2D eigenvalue weighted by Crippen LogP contribution is -2.52. The number of H-pyrrole nitrogens is 1. The minimum Gasteiger partial charge on any atom is -0.360 e. The van der Waals surface area contributed by atoms with Gasteiger partial charge in [-0.3, -0.25) is 19.2 Å². The normalized spacial score (nSPS) is 13.5. The van der Waals surface area contributed by atoms with E-state index in [0.29, 0.717) is 11.1 Å². The van der Waals surface area contributed by atoms with Gasteiger partial charge in [-0.15, -0.1) is 0 Å². The Morgan fingerprint density at radius 3 is 2.42 bits per heavy atom. The van der Waals surface area contributed by atoms with Gasteiger partial charge in [0.2, 0.25) is 5.91 Å². The molecule has 2 aromatic heterocycles. The maximum absolute atomic E-state index is 14.9. The molecule has 0 spiro atoms. The van der Waals surface area contributed by atoms with E-state index in [1.54, 1.807) is 29.2 Å². The number of halogens is 1. The van der Waals surface area contributed by atoms with Crippen LogP contribution in [0.4, 0.5) is 4.39 Å². The lowest BCUT2D eigenvalue weighted by molar-refractivity contribution is -0.127. The SMILES string of the molecule is CNC(=O)Cn1cnc(-c2ccc(F)c3c(C(=O)C(=O)N4CCN(C(=O)c5ccccc5)CC4)c[nH]c23)n1. The number of nitrogens with one attached hydrogen (secondary N) is 2. The first kappa shape index (κ1) is 24.8. The standard InChI is InChI=1S/C26H24FN7O4/c1-28-20(35)14-34-15-30-24(31-34)17-7-8-19(27)21-18(13-29-22(17)21)23(36)26(38)33-11-9-32(10-12-33)25(37)16-5-3-2-4-6-16/h2-8,13,15,29H,9-12,14H2,1H3,(H,28,35). The van der Waals surface area contributed by atoms with E-state index in [2.05, 4.69) is 20.4 Å². The average Bonchev–Trinajstić information content (AvgIpc) is 3.61. The van der Waals surface area contributed by atoms with Crippen LogP contribution in [0, 0.1) is 5.82 Å². The van der Waals surface area contributed by atoms with Gasteiger partial charge in [-0.1, -0.05) is 18.2 Å². The Balaban J connectivity index is 1.33. The van der Waals surface area contributed by atoms with Crippen molar-refractivity contribution in [2.75, 3.05) is 33.2 Å². The second-order valence-corrected chi connectivity index (χ2v) is 8.77. The number of amides is 3. The van der Waals surface area contributed by atoms with E-state index in [1.807, 2.05) is 6.07 Å². The van der Waals surface area contributed by atoms with Crippen molar-refractivity contribution in [2.45, 2.75) is 6.54 Å². The van der Waals surface area contributed by atoms with Crippen molar-refractivity contribution >= 4 is 34.4 Å². The van der Waals surface area contributed by atoms with Crippen molar-refractivity contribution in [2.24, 2.45) is 0 Å². The monoisotopic (exact) mass is 517 g/mol. The largest absolute Gasteiger partial charge is 0.360 e. The summed E-state index contributed by atoms with van der Waals surface area (Å²) in [6, 6.07) is 11.5. The Morgan fingerprint density at radius 2 is 1.71 bits per heavy atom. The maximum atomic E-state index is 14.9. The molecule has 3 heterocycles. The Hall–Kier alpha value is -4.87. The second-order valence-electron chi connectivity index (χ2n) is 8.77. The molecule has 4 aromatic rings. The molecule has 1 saturated heterocycles. The van der Waals surface area contributed by atoms with Crippen molar-refractivity contribution in [1.82, 2.24) is 34.9 Å². The van der Waals surface area contributed by atoms with Gasteiger partial charge in [-0.2, -0.15) is 5.10 Å². The number of aromatic nitrogens is 4. The van der Waals surface area contributed by atoms with Crippen molar-refractivity contribution < 1.29 is 23.6 Å². The molecular weight excluding hydrogens is 493 g/mol. The summed E-state index contributed by atoms with van der Waals surface area (Å²) in [6.45, 7) is 0.895. The number of carbonyl (C=O) groups is 4. The zero-order valence-electron chi connectivity index (χ0n) is 20.5. The van der Waals surface area contributed by atoms with Gasteiger partial charge in [-0.25, -0.2) is 14.1 Å². The number of hydrogen-bond acceptors (Lipinski definition) is 6. The summed E-state index contributed by atoms with van der Waals surface area (Å²) in [7, 11) is 1.51. The van der Waals surface area contributed by atoms with E-state index in [-0.39, 0.29) is 66.8 Å². The number of Topliss-reactive ketones (excluding diaryl/α,β-unsaturated/α-hetero) is 1. The van der Waals surface area contributed by atoms with Crippen LogP contribution in [0.5, 0.6) is 0 Å². The van der Waals surface area contributed by atoms with Crippen molar-refractivity contribution in [3.05, 3.63) is 71.9 Å². The highest BCUT2D eigenvalue weighted by atomic mass is 19.1. The molecule has 3 amide bonds. The van der Waals surface area contributed by atoms with Crippen molar-refractivity contribution in [3.8, 4) is 11.4 Å². The Bertz CT molecular complexity index is 1540. The molecule has 194 valence electrons. The Morgan fingerprint density at radius 1 is 1.00 bits per heavy atom. The number of ketones is 1. The highest BCUT2D eigenvalue weighted by molar-refractivity contribution is 6.45. The molecule has 38 heavy (non-hydrogen) atoms. The summed E-state index contributed by atoms with van der Waals surface area (Å²) >= 11 is 0. The average molecular weight is 518 g/mol. The van der Waals surface area contributed by atoms with Crippen LogP contribution in [-0.2, 0) is 16.1 Å². The quantitative estimate of drug-likeness (QED) is 0.294. The molecule has 0 unspecified atom stereocenters. The van der Waals surface area contributed by atoms with Gasteiger partial charge in [-0.05, 0) is 24.3 Å². The predicted octanol–water partition coefficient (Wildman–Crippen LogP) is 1.48. The molecule has 1 fully saturated rings. The Labute approximate surface area is 216 Å². The lowest BCUT2D eigenvalue weighted by Gasteiger charge is -2.34. The lowest BCUT2D eigenvalue weighted by atomic mass is 10.0. The summed E-state index contributed by atoms with van der Waals surface area (Å²) in [4.78, 5) is 60.6. The number of benzene rings is 2. The van der Waals surface area contributed by atoms with Crippen molar-refractivity contribution in [1.29, 1.82) is 0 Å². The summed E-state index contributed by atoms with van der Waals surface area (Å²) in [5, 5.41) is 6.72. The molecule has 0 bridgehead atoms. The van der Waals surface area contributed by atoms with Crippen LogP contribution in [0.15, 0.2) is 55.0 Å². The summed E-state index contributed by atoms with van der Waals surface area (Å²) in [6.07, 6.45) is 2.68. The number of piperazine rings is 1. The molecule has 0 atom stereocenters. The third-order valence-corrected chi connectivity index (χ3v) is 6.46. The van der Waals surface area contributed by atoms with Crippen LogP contribution in [0.25, 0.3) is 22.3 Å². The zero-order chi connectivity index (χ0) is 26.8. The summed E-state index contributed by atoms with van der Waals surface area (Å²) < 4.78 is 16.3. The van der Waals surface area contributed by atoms with Gasteiger partial charge in [0.15, 0.2) is 5.82 Å². The molecule has 2 aromatic carbocycles. The third kappa shape index (κ3) is 4.63. The number of carbonyl (C=O) groups excluding carboxylic acids is 4. The van der Waals surface area contributed by atoms with Gasteiger partial charge < -0.3 is 20.1 Å². The number of fused-ring (bicyclic) bond motifs is 1. The van der Waals surface area contributed by atoms with E-state index in [0.717, 1.165) is 0 Å². The number of aromatic amines is 1. The first-order valence-corrected chi connectivity index (χ1v) is 11.9. The summed E-state index contributed by atoms with van der Waals surface area (Å²) in [5.41, 5.74) is 1.13. The van der Waals surface area contributed by atoms with Crippen LogP contribution in [-0.4, -0.2) is 86.3 Å². The fourth-order valence-electron chi connectivity index (χ4n) is 4.43. The van der Waals surface area contributed by atoms with Crippen molar-refractivity contribution in [3.63, 3.8) is 0 Å². The van der Waals surface area contributed by atoms with Crippen LogP contribution in [0.3, 0.4) is 0 Å². The molecule has 0 saturated carbocycles. The number of nitrogens with zero attached hydrogens (tertiary/aromatic N) is 5. The van der Waals surface area contributed by atoms with E-state index in [9.17, 15) is 23.6 Å². The molecule has 0 aliphatic carbocycles. The molecule has 1 aliphatic rings. The highest BCUT2D eigenvalue weighted by Crippen LogP contribution is 2.30. The number of hydrogen-bond donors (Lipinski definition) is 2. The van der Waals surface area contributed by atoms with Gasteiger partial charge in [0.1, 0.15) is 18.7 Å². The minimum atomic E-state index is -0.853. The van der Waals surface area contributed by atoms with Crippen LogP contribution < -0.4 is 5.32 Å². The fourth-order valence-corrected chi connectivity index (χ4v) is 4.43. The van der Waals surface area contributed by atoms with Gasteiger partial charge in [0.25, 0.3) is 17.6 Å². The maximum Gasteiger partial charge on any atom is 0.295 e. The first-order valence-electron chi connectivity index (χ1n) is 11.9.